The van der Waals surface area contributed by atoms with Crippen molar-refractivity contribution in [2.75, 3.05) is 13.7 Å². The van der Waals surface area contributed by atoms with Crippen LogP contribution in [0.25, 0.3) is 11.3 Å². The minimum absolute atomic E-state index is 0.0178. The Morgan fingerprint density at radius 1 is 1.36 bits per heavy atom. The maximum atomic E-state index is 12.2. The Hall–Kier alpha value is -2.56. The second kappa shape index (κ2) is 5.33. The van der Waals surface area contributed by atoms with Crippen LogP contribution in [0, 0.1) is 6.92 Å². The first-order valence-corrected chi connectivity index (χ1v) is 7.10. The smallest absolute Gasteiger partial charge is 0.343 e. The second-order valence-electron chi connectivity index (χ2n) is 5.55. The van der Waals surface area contributed by atoms with Gasteiger partial charge in [-0.15, -0.1) is 0 Å². The molecule has 22 heavy (non-hydrogen) atoms. The lowest BCUT2D eigenvalue weighted by Gasteiger charge is -2.12. The van der Waals surface area contributed by atoms with E-state index in [0.29, 0.717) is 12.3 Å². The number of aromatic nitrogens is 1. The van der Waals surface area contributed by atoms with Gasteiger partial charge in [-0.25, -0.2) is 4.79 Å². The summed E-state index contributed by atoms with van der Waals surface area (Å²) in [6.45, 7) is 4.46. The first kappa shape index (κ1) is 14.4. The van der Waals surface area contributed by atoms with E-state index in [4.69, 9.17) is 4.74 Å². The van der Waals surface area contributed by atoms with E-state index in [1.807, 2.05) is 32.0 Å². The van der Waals surface area contributed by atoms with Crippen molar-refractivity contribution in [2.45, 2.75) is 19.8 Å². The average Bonchev–Trinajstić information content (AvgIpc) is 2.64. The van der Waals surface area contributed by atoms with E-state index >= 15 is 0 Å². The van der Waals surface area contributed by atoms with Gasteiger partial charge in [0.1, 0.15) is 11.3 Å². The third-order valence-corrected chi connectivity index (χ3v) is 3.90. The predicted molar refractivity (Wildman–Crippen MR) is 82.5 cm³/mol. The molecule has 0 amide bonds. The van der Waals surface area contributed by atoms with Crippen LogP contribution in [0.1, 0.15) is 34.3 Å². The van der Waals surface area contributed by atoms with E-state index in [0.717, 1.165) is 22.4 Å². The van der Waals surface area contributed by atoms with Crippen LogP contribution in [0.3, 0.4) is 0 Å². The molecule has 1 aliphatic heterocycles. The molecule has 1 aromatic carbocycles. The monoisotopic (exact) mass is 299 g/mol. The molecule has 0 unspecified atom stereocenters. The number of methoxy groups -OCH3 is 1. The summed E-state index contributed by atoms with van der Waals surface area (Å²) < 4.78 is 10.5. The molecule has 1 N–H and O–H groups in total. The molecular weight excluding hydrogens is 282 g/mol. The minimum atomic E-state index is -0.633. The van der Waals surface area contributed by atoms with Crippen LogP contribution in [-0.2, 0) is 4.74 Å². The number of rotatable bonds is 1. The SMILES string of the molecule is COC(=O)c1cc2c([nH]c1=O)-c1cc(C)ccc1OC[C@H]2C. The molecule has 5 heteroatoms. The topological polar surface area (TPSA) is 68.4 Å². The fraction of sp³-hybridized carbons (Fsp3) is 0.294. The molecule has 0 fully saturated rings. The van der Waals surface area contributed by atoms with E-state index < -0.39 is 11.5 Å². The Morgan fingerprint density at radius 3 is 2.86 bits per heavy atom. The highest BCUT2D eigenvalue weighted by molar-refractivity contribution is 5.90. The van der Waals surface area contributed by atoms with Gasteiger partial charge in [0, 0.05) is 11.5 Å². The van der Waals surface area contributed by atoms with Crippen molar-refractivity contribution >= 4 is 5.97 Å². The van der Waals surface area contributed by atoms with Crippen molar-refractivity contribution in [1.29, 1.82) is 0 Å². The van der Waals surface area contributed by atoms with Crippen molar-refractivity contribution in [3.8, 4) is 17.0 Å². The first-order valence-electron chi connectivity index (χ1n) is 7.10. The van der Waals surface area contributed by atoms with Gasteiger partial charge in [0.05, 0.1) is 19.4 Å². The Bertz CT molecular complexity index is 807. The molecule has 114 valence electrons. The summed E-state index contributed by atoms with van der Waals surface area (Å²) in [5, 5.41) is 0. The number of ether oxygens (including phenoxy) is 2. The van der Waals surface area contributed by atoms with Crippen molar-refractivity contribution in [3.05, 3.63) is 51.3 Å². The van der Waals surface area contributed by atoms with Crippen LogP contribution in [-0.4, -0.2) is 24.7 Å². The van der Waals surface area contributed by atoms with Gasteiger partial charge in [0.2, 0.25) is 0 Å². The number of esters is 1. The number of nitrogens with one attached hydrogen (secondary N) is 1. The highest BCUT2D eigenvalue weighted by atomic mass is 16.5. The molecule has 5 nitrogen and oxygen atoms in total. The van der Waals surface area contributed by atoms with Crippen LogP contribution < -0.4 is 10.3 Å². The Balaban J connectivity index is 2.29. The molecule has 2 aromatic rings. The molecule has 0 aliphatic carbocycles. The number of fused-ring (bicyclic) bond motifs is 3. The Labute approximate surface area is 127 Å². The number of H-pyrrole nitrogens is 1. The summed E-state index contributed by atoms with van der Waals surface area (Å²) in [4.78, 5) is 26.8. The third-order valence-electron chi connectivity index (χ3n) is 3.90. The normalized spacial score (nSPS) is 16.0. The van der Waals surface area contributed by atoms with Gasteiger partial charge in [0.25, 0.3) is 5.56 Å². The quantitative estimate of drug-likeness (QED) is 0.822. The molecule has 2 heterocycles. The highest BCUT2D eigenvalue weighted by Crippen LogP contribution is 2.38. The Kier molecular flexibility index (Phi) is 3.48. The molecule has 0 saturated heterocycles. The lowest BCUT2D eigenvalue weighted by Crippen LogP contribution is -2.21. The van der Waals surface area contributed by atoms with Crippen molar-refractivity contribution < 1.29 is 14.3 Å². The lowest BCUT2D eigenvalue weighted by molar-refractivity contribution is 0.0598. The van der Waals surface area contributed by atoms with E-state index in [2.05, 4.69) is 9.72 Å². The summed E-state index contributed by atoms with van der Waals surface area (Å²) in [7, 11) is 1.26. The zero-order valence-corrected chi connectivity index (χ0v) is 12.7. The van der Waals surface area contributed by atoms with Gasteiger partial charge >= 0.3 is 5.97 Å². The molecule has 0 spiro atoms. The number of benzene rings is 1. The van der Waals surface area contributed by atoms with E-state index in [-0.39, 0.29) is 11.5 Å². The number of hydrogen-bond acceptors (Lipinski definition) is 4. The first-order chi connectivity index (χ1) is 10.5. The molecule has 3 rings (SSSR count). The van der Waals surface area contributed by atoms with Crippen molar-refractivity contribution in [1.82, 2.24) is 4.98 Å². The van der Waals surface area contributed by atoms with Crippen LogP contribution in [0.2, 0.25) is 0 Å². The summed E-state index contributed by atoms with van der Waals surface area (Å²) in [6, 6.07) is 7.46. The average molecular weight is 299 g/mol. The standard InChI is InChI=1S/C17H17NO4/c1-9-4-5-14-12(6-9)15-11(10(2)8-22-14)7-13(16(19)18-15)17(20)21-3/h4-7,10H,8H2,1-3H3,(H,18,19)/t10-/m1/s1. The number of aromatic amines is 1. The molecule has 1 aliphatic rings. The number of aryl methyl sites for hydroxylation is 1. The van der Waals surface area contributed by atoms with Crippen LogP contribution >= 0.6 is 0 Å². The van der Waals surface area contributed by atoms with Crippen LogP contribution in [0.15, 0.2) is 29.1 Å². The number of carbonyl (C=O) groups is 1. The fourth-order valence-electron chi connectivity index (χ4n) is 2.69. The van der Waals surface area contributed by atoms with Gasteiger partial charge in [-0.3, -0.25) is 4.79 Å². The lowest BCUT2D eigenvalue weighted by atomic mass is 9.95. The zero-order valence-electron chi connectivity index (χ0n) is 12.7. The van der Waals surface area contributed by atoms with Gasteiger partial charge in [0.15, 0.2) is 0 Å². The zero-order chi connectivity index (χ0) is 15.9. The minimum Gasteiger partial charge on any atom is -0.492 e. The van der Waals surface area contributed by atoms with Crippen LogP contribution in [0.4, 0.5) is 0 Å². The molecule has 1 atom stereocenters. The predicted octanol–water partition coefficient (Wildman–Crippen LogP) is 2.63. The molecule has 0 bridgehead atoms. The van der Waals surface area contributed by atoms with E-state index in [1.54, 1.807) is 6.07 Å². The molecule has 0 radical (unpaired) electrons. The largest absolute Gasteiger partial charge is 0.492 e. The molecule has 1 aromatic heterocycles. The summed E-state index contributed by atoms with van der Waals surface area (Å²) in [5.41, 5.74) is 3.07. The van der Waals surface area contributed by atoms with Crippen molar-refractivity contribution in [2.24, 2.45) is 0 Å². The van der Waals surface area contributed by atoms with Gasteiger partial charge in [-0.05, 0) is 30.7 Å². The summed E-state index contributed by atoms with van der Waals surface area (Å²) in [5.74, 6) is 0.145. The maximum absolute atomic E-state index is 12.2. The fourth-order valence-corrected chi connectivity index (χ4v) is 2.69. The Morgan fingerprint density at radius 2 is 2.14 bits per heavy atom. The van der Waals surface area contributed by atoms with E-state index in [1.165, 1.54) is 7.11 Å². The van der Waals surface area contributed by atoms with Crippen molar-refractivity contribution in [3.63, 3.8) is 0 Å². The third kappa shape index (κ3) is 2.28. The van der Waals surface area contributed by atoms with Crippen LogP contribution in [0.5, 0.6) is 5.75 Å². The number of pyridine rings is 1. The molecule has 0 saturated carbocycles. The molecular formula is C17H17NO4. The number of hydrogen-bond donors (Lipinski definition) is 1. The number of carbonyl (C=O) groups excluding carboxylic acids is 1. The van der Waals surface area contributed by atoms with Gasteiger partial charge in [-0.1, -0.05) is 18.6 Å². The highest BCUT2D eigenvalue weighted by Gasteiger charge is 2.24. The van der Waals surface area contributed by atoms with Gasteiger partial charge in [-0.2, -0.15) is 0 Å². The second-order valence-corrected chi connectivity index (χ2v) is 5.55. The summed E-state index contributed by atoms with van der Waals surface area (Å²) >= 11 is 0. The van der Waals surface area contributed by atoms with Gasteiger partial charge < -0.3 is 14.5 Å². The van der Waals surface area contributed by atoms with E-state index in [9.17, 15) is 9.59 Å². The summed E-state index contributed by atoms with van der Waals surface area (Å²) in [6.07, 6.45) is 0. The maximum Gasteiger partial charge on any atom is 0.343 e.